The molecule has 2 unspecified atom stereocenters. The molecule has 5 aliphatic rings. The zero-order chi connectivity index (χ0) is 26.7. The minimum absolute atomic E-state index is 0.0286. The summed E-state index contributed by atoms with van der Waals surface area (Å²) in [4.78, 5) is 0. The highest BCUT2D eigenvalue weighted by molar-refractivity contribution is 9.09. The van der Waals surface area contributed by atoms with Gasteiger partial charge in [-0.05, 0) is 129 Å². The molecule has 0 radical (unpaired) electrons. The largest absolute Gasteiger partial charge is 0.465 e. The lowest BCUT2D eigenvalue weighted by molar-refractivity contribution is -0.213. The molecule has 218 valence electrons. The SMILES string of the molecule is C[C@]12CC[C@@H]3c4ccc(OC5CCCCO5)cc4C[C@@H](CCCCCCBr)[C@H]3[C@@H]1CC[C@@H]2OC1CCCCO1. The molecule has 0 amide bonds. The Hall–Kier alpha value is -0.620. The number of halogens is 1. The van der Waals surface area contributed by atoms with Gasteiger partial charge in [0.05, 0.1) is 12.7 Å². The maximum atomic E-state index is 6.77. The molecular formula is C34H51BrO4. The summed E-state index contributed by atoms with van der Waals surface area (Å²) in [5.41, 5.74) is 3.46. The van der Waals surface area contributed by atoms with Crippen LogP contribution in [0.3, 0.4) is 0 Å². The number of fused-ring (bicyclic) bond motifs is 5. The quantitative estimate of drug-likeness (QED) is 0.198. The van der Waals surface area contributed by atoms with Crippen LogP contribution in [0, 0.1) is 23.2 Å². The van der Waals surface area contributed by atoms with Gasteiger partial charge in [0.25, 0.3) is 0 Å². The van der Waals surface area contributed by atoms with Crippen molar-refractivity contribution in [2.45, 2.75) is 134 Å². The second-order valence-electron chi connectivity index (χ2n) is 13.5. The van der Waals surface area contributed by atoms with Gasteiger partial charge in [0.2, 0.25) is 0 Å². The molecule has 6 rings (SSSR count). The van der Waals surface area contributed by atoms with E-state index in [1.807, 2.05) is 0 Å². The zero-order valence-corrected chi connectivity index (χ0v) is 25.8. The van der Waals surface area contributed by atoms with Crippen LogP contribution in [0.4, 0.5) is 0 Å². The Bertz CT molecular complexity index is 926. The van der Waals surface area contributed by atoms with Crippen molar-refractivity contribution in [1.29, 1.82) is 0 Å². The maximum absolute atomic E-state index is 6.77. The van der Waals surface area contributed by atoms with Gasteiger partial charge in [0.1, 0.15) is 5.75 Å². The molecule has 5 heteroatoms. The Labute approximate surface area is 245 Å². The van der Waals surface area contributed by atoms with Gasteiger partial charge < -0.3 is 18.9 Å². The third kappa shape index (κ3) is 6.27. The topological polar surface area (TPSA) is 36.9 Å². The molecule has 1 aromatic carbocycles. The molecule has 1 aromatic rings. The number of ether oxygens (including phenoxy) is 4. The number of benzene rings is 1. The molecule has 4 nitrogen and oxygen atoms in total. The first-order chi connectivity index (χ1) is 19.2. The third-order valence-corrected chi connectivity index (χ3v) is 11.7. The first-order valence-electron chi connectivity index (χ1n) is 16.4. The number of rotatable bonds is 10. The Morgan fingerprint density at radius 2 is 1.69 bits per heavy atom. The van der Waals surface area contributed by atoms with Crippen molar-refractivity contribution in [2.24, 2.45) is 23.2 Å². The summed E-state index contributed by atoms with van der Waals surface area (Å²) >= 11 is 3.62. The van der Waals surface area contributed by atoms with E-state index >= 15 is 0 Å². The van der Waals surface area contributed by atoms with E-state index in [9.17, 15) is 0 Å². The number of unbranched alkanes of at least 4 members (excludes halogenated alkanes) is 3. The summed E-state index contributed by atoms with van der Waals surface area (Å²) in [5, 5.41) is 1.13. The summed E-state index contributed by atoms with van der Waals surface area (Å²) in [5.74, 6) is 4.00. The minimum Gasteiger partial charge on any atom is -0.465 e. The van der Waals surface area contributed by atoms with E-state index in [0.717, 1.165) is 61.3 Å². The molecule has 0 N–H and O–H groups in total. The van der Waals surface area contributed by atoms with Gasteiger partial charge in [-0.25, -0.2) is 0 Å². The molecule has 4 fully saturated rings. The molecule has 3 aliphatic carbocycles. The predicted molar refractivity (Wildman–Crippen MR) is 159 cm³/mol. The van der Waals surface area contributed by atoms with Crippen LogP contribution < -0.4 is 4.74 Å². The van der Waals surface area contributed by atoms with Crippen LogP contribution in [0.5, 0.6) is 5.75 Å². The fourth-order valence-electron chi connectivity index (χ4n) is 9.11. The molecule has 0 spiro atoms. The molecule has 8 atom stereocenters. The monoisotopic (exact) mass is 602 g/mol. The van der Waals surface area contributed by atoms with Gasteiger partial charge in [0.15, 0.2) is 12.6 Å². The molecule has 0 aromatic heterocycles. The molecule has 39 heavy (non-hydrogen) atoms. The van der Waals surface area contributed by atoms with Gasteiger partial charge in [-0.3, -0.25) is 0 Å². The van der Waals surface area contributed by atoms with Crippen LogP contribution in [0.25, 0.3) is 0 Å². The van der Waals surface area contributed by atoms with E-state index in [4.69, 9.17) is 18.9 Å². The van der Waals surface area contributed by atoms with E-state index in [0.29, 0.717) is 12.0 Å². The molecule has 0 bridgehead atoms. The van der Waals surface area contributed by atoms with Crippen molar-refractivity contribution < 1.29 is 18.9 Å². The van der Waals surface area contributed by atoms with Crippen LogP contribution in [-0.4, -0.2) is 37.2 Å². The lowest BCUT2D eigenvalue weighted by Gasteiger charge is -2.54. The lowest BCUT2D eigenvalue weighted by atomic mass is 9.52. The lowest BCUT2D eigenvalue weighted by Crippen LogP contribution is -2.48. The van der Waals surface area contributed by atoms with Crippen LogP contribution >= 0.6 is 15.9 Å². The van der Waals surface area contributed by atoms with Gasteiger partial charge >= 0.3 is 0 Å². The Kier molecular flexibility index (Phi) is 9.60. The smallest absolute Gasteiger partial charge is 0.199 e. The van der Waals surface area contributed by atoms with E-state index in [1.54, 1.807) is 11.1 Å². The number of hydrogen-bond donors (Lipinski definition) is 0. The van der Waals surface area contributed by atoms with Crippen molar-refractivity contribution in [3.05, 3.63) is 29.3 Å². The van der Waals surface area contributed by atoms with Gasteiger partial charge in [-0.2, -0.15) is 0 Å². The van der Waals surface area contributed by atoms with E-state index in [-0.39, 0.29) is 18.0 Å². The van der Waals surface area contributed by atoms with E-state index in [1.165, 1.54) is 83.5 Å². The van der Waals surface area contributed by atoms with Gasteiger partial charge in [0, 0.05) is 18.4 Å². The van der Waals surface area contributed by atoms with Gasteiger partial charge in [-0.1, -0.05) is 48.2 Å². The first kappa shape index (κ1) is 28.5. The second kappa shape index (κ2) is 13.1. The van der Waals surface area contributed by atoms with Crippen LogP contribution in [-0.2, 0) is 20.6 Å². The summed E-state index contributed by atoms with van der Waals surface area (Å²) in [6.45, 7) is 4.28. The maximum Gasteiger partial charge on any atom is 0.199 e. The number of hydrogen-bond acceptors (Lipinski definition) is 4. The van der Waals surface area contributed by atoms with Crippen molar-refractivity contribution in [2.75, 3.05) is 18.5 Å². The minimum atomic E-state index is -0.0719. The normalized spacial score (nSPS) is 38.1. The Morgan fingerprint density at radius 1 is 0.897 bits per heavy atom. The van der Waals surface area contributed by atoms with Crippen LogP contribution in [0.2, 0.25) is 0 Å². The Balaban J connectivity index is 1.21. The van der Waals surface area contributed by atoms with Crippen molar-refractivity contribution in [3.8, 4) is 5.75 Å². The van der Waals surface area contributed by atoms with E-state index < -0.39 is 0 Å². The highest BCUT2D eigenvalue weighted by atomic mass is 79.9. The fraction of sp³-hybridized carbons (Fsp3) is 0.824. The summed E-state index contributed by atoms with van der Waals surface area (Å²) in [7, 11) is 0. The third-order valence-electron chi connectivity index (χ3n) is 11.1. The molecule has 2 saturated carbocycles. The first-order valence-corrected chi connectivity index (χ1v) is 17.5. The summed E-state index contributed by atoms with van der Waals surface area (Å²) < 4.78 is 25.0. The predicted octanol–water partition coefficient (Wildman–Crippen LogP) is 8.93. The molecular weight excluding hydrogens is 552 g/mol. The zero-order valence-electron chi connectivity index (χ0n) is 24.2. The number of alkyl halides is 1. The van der Waals surface area contributed by atoms with E-state index in [2.05, 4.69) is 41.1 Å². The average Bonchev–Trinajstić information content (AvgIpc) is 3.29. The molecule has 2 aliphatic heterocycles. The standard InChI is InChI=1S/C34H51BrO4/c1-34-18-17-28-27-14-13-26(38-31-11-5-8-20-36-31)23-25(27)22-24(10-4-2-3-7-19-35)33(28)29(34)15-16-30(34)39-32-12-6-9-21-37-32/h13-14,23-24,28-33H,2-12,15-22H2,1H3/t24-,28-,29+,30+,31?,32?,33-,34+/m1/s1. The molecule has 2 saturated heterocycles. The highest BCUT2D eigenvalue weighted by Crippen LogP contribution is 2.63. The second-order valence-corrected chi connectivity index (χ2v) is 14.3. The van der Waals surface area contributed by atoms with Crippen molar-refractivity contribution >= 4 is 15.9 Å². The van der Waals surface area contributed by atoms with Crippen molar-refractivity contribution in [3.63, 3.8) is 0 Å². The average molecular weight is 604 g/mol. The fourth-order valence-corrected chi connectivity index (χ4v) is 9.51. The van der Waals surface area contributed by atoms with Crippen molar-refractivity contribution in [1.82, 2.24) is 0 Å². The molecule has 2 heterocycles. The van der Waals surface area contributed by atoms with Gasteiger partial charge in [-0.15, -0.1) is 0 Å². The summed E-state index contributed by atoms with van der Waals surface area (Å²) in [6.07, 6.45) is 20.2. The van der Waals surface area contributed by atoms with Crippen LogP contribution in [0.15, 0.2) is 18.2 Å². The summed E-state index contributed by atoms with van der Waals surface area (Å²) in [6, 6.07) is 7.05. The highest BCUT2D eigenvalue weighted by Gasteiger charge is 2.57. The Morgan fingerprint density at radius 3 is 2.46 bits per heavy atom. The van der Waals surface area contributed by atoms with Crippen LogP contribution in [0.1, 0.15) is 120 Å².